The first-order chi connectivity index (χ1) is 8.19. The highest BCUT2D eigenvalue weighted by Crippen LogP contribution is 2.21. The van der Waals surface area contributed by atoms with Gasteiger partial charge in [-0.1, -0.05) is 13.8 Å². The molecule has 0 saturated carbocycles. The zero-order chi connectivity index (χ0) is 12.3. The van der Waals surface area contributed by atoms with Gasteiger partial charge in [-0.25, -0.2) is 9.97 Å². The van der Waals surface area contributed by atoms with Crippen molar-refractivity contribution < 1.29 is 0 Å². The molecule has 17 heavy (non-hydrogen) atoms. The lowest BCUT2D eigenvalue weighted by atomic mass is 10.2. The average molecular weight is 267 g/mol. The maximum absolute atomic E-state index is 5.51. The molecule has 0 aliphatic rings. The summed E-state index contributed by atoms with van der Waals surface area (Å²) in [5, 5.41) is 6.54. The minimum absolute atomic E-state index is 0.504. The monoisotopic (exact) mass is 267 g/mol. The summed E-state index contributed by atoms with van der Waals surface area (Å²) in [7, 11) is 0. The Labute approximate surface area is 110 Å². The van der Waals surface area contributed by atoms with E-state index in [4.69, 9.17) is 5.73 Å². The Kier molecular flexibility index (Phi) is 4.25. The maximum Gasteiger partial charge on any atom is 0.0996 e. The van der Waals surface area contributed by atoms with Crippen molar-refractivity contribution in [3.63, 3.8) is 0 Å². The van der Waals surface area contributed by atoms with E-state index in [9.17, 15) is 0 Å². The van der Waals surface area contributed by atoms with Crippen LogP contribution >= 0.6 is 22.7 Å². The Hall–Kier alpha value is -0.780. The molecule has 2 aromatic heterocycles. The van der Waals surface area contributed by atoms with Crippen molar-refractivity contribution >= 4 is 22.7 Å². The van der Waals surface area contributed by atoms with Crippen molar-refractivity contribution in [3.05, 3.63) is 32.2 Å². The van der Waals surface area contributed by atoms with Crippen molar-refractivity contribution in [2.75, 3.05) is 6.54 Å². The van der Waals surface area contributed by atoms with Gasteiger partial charge in [-0.3, -0.25) is 0 Å². The van der Waals surface area contributed by atoms with Crippen molar-refractivity contribution in [2.24, 2.45) is 5.73 Å². The molecule has 5 heteroatoms. The highest BCUT2D eigenvalue weighted by atomic mass is 32.1. The second kappa shape index (κ2) is 5.71. The zero-order valence-electron chi connectivity index (χ0n) is 10.1. The molecular formula is C12H17N3S2. The van der Waals surface area contributed by atoms with Crippen LogP contribution in [0.1, 0.15) is 41.2 Å². The molecule has 0 spiro atoms. The summed E-state index contributed by atoms with van der Waals surface area (Å²) < 4.78 is 0. The minimum atomic E-state index is 0.504. The highest BCUT2D eigenvalue weighted by Gasteiger charge is 2.08. The van der Waals surface area contributed by atoms with Crippen LogP contribution in [0.3, 0.4) is 0 Å². The molecule has 3 nitrogen and oxygen atoms in total. The van der Waals surface area contributed by atoms with E-state index >= 15 is 0 Å². The number of hydrogen-bond acceptors (Lipinski definition) is 5. The fraction of sp³-hybridized carbons (Fsp3) is 0.500. The Morgan fingerprint density at radius 2 is 1.88 bits per heavy atom. The normalized spacial score (nSPS) is 11.3. The van der Waals surface area contributed by atoms with Gasteiger partial charge in [0.25, 0.3) is 0 Å². The van der Waals surface area contributed by atoms with Crippen LogP contribution in [0.2, 0.25) is 0 Å². The van der Waals surface area contributed by atoms with Gasteiger partial charge in [-0.05, 0) is 12.5 Å². The highest BCUT2D eigenvalue weighted by molar-refractivity contribution is 7.11. The lowest BCUT2D eigenvalue weighted by Gasteiger charge is -1.96. The van der Waals surface area contributed by atoms with Gasteiger partial charge in [-0.2, -0.15) is 0 Å². The quantitative estimate of drug-likeness (QED) is 0.906. The third-order valence-corrected chi connectivity index (χ3v) is 4.23. The molecular weight excluding hydrogens is 250 g/mol. The molecule has 0 bridgehead atoms. The number of thiazole rings is 2. The molecule has 2 rings (SSSR count). The number of nitrogens with two attached hydrogens (primary N) is 1. The zero-order valence-corrected chi connectivity index (χ0v) is 11.8. The molecule has 0 radical (unpaired) electrons. The topological polar surface area (TPSA) is 51.8 Å². The van der Waals surface area contributed by atoms with Crippen LogP contribution in [0.15, 0.2) is 10.8 Å². The molecule has 0 unspecified atom stereocenters. The molecule has 2 heterocycles. The van der Waals surface area contributed by atoms with Gasteiger partial charge in [0.2, 0.25) is 0 Å². The summed E-state index contributed by atoms with van der Waals surface area (Å²) in [6.07, 6.45) is 1.72. The summed E-state index contributed by atoms with van der Waals surface area (Å²) in [4.78, 5) is 9.18. The van der Waals surface area contributed by atoms with Gasteiger partial charge >= 0.3 is 0 Å². The SMILES string of the molecule is CC(C)c1csc(Cc2nc(CCN)cs2)n1. The van der Waals surface area contributed by atoms with Gasteiger partial charge in [0.15, 0.2) is 0 Å². The fourth-order valence-electron chi connectivity index (χ4n) is 1.49. The second-order valence-corrected chi connectivity index (χ2v) is 6.15. The van der Waals surface area contributed by atoms with E-state index in [2.05, 4.69) is 34.6 Å². The first kappa shape index (κ1) is 12.7. The van der Waals surface area contributed by atoms with Crippen molar-refractivity contribution in [3.8, 4) is 0 Å². The van der Waals surface area contributed by atoms with E-state index < -0.39 is 0 Å². The van der Waals surface area contributed by atoms with Gasteiger partial charge < -0.3 is 5.73 Å². The molecule has 92 valence electrons. The summed E-state index contributed by atoms with van der Waals surface area (Å²) in [5.74, 6) is 0.504. The number of rotatable bonds is 5. The Balaban J connectivity index is 2.03. The molecule has 0 atom stereocenters. The predicted octanol–water partition coefficient (Wildman–Crippen LogP) is 2.82. The van der Waals surface area contributed by atoms with Gasteiger partial charge in [0.1, 0.15) is 0 Å². The van der Waals surface area contributed by atoms with Crippen LogP contribution in [0.4, 0.5) is 0 Å². The number of nitrogens with zero attached hydrogens (tertiary/aromatic N) is 2. The first-order valence-corrected chi connectivity index (χ1v) is 7.52. The third-order valence-electron chi connectivity index (χ3n) is 2.46. The van der Waals surface area contributed by atoms with Crippen LogP contribution in [0.5, 0.6) is 0 Å². The summed E-state index contributed by atoms with van der Waals surface area (Å²) in [6.45, 7) is 5.00. The van der Waals surface area contributed by atoms with Crippen molar-refractivity contribution in [2.45, 2.75) is 32.6 Å². The smallest absolute Gasteiger partial charge is 0.0996 e. The van der Waals surface area contributed by atoms with Gasteiger partial charge in [0.05, 0.1) is 27.8 Å². The summed E-state index contributed by atoms with van der Waals surface area (Å²) in [6, 6.07) is 0. The van der Waals surface area contributed by atoms with E-state index in [-0.39, 0.29) is 0 Å². The minimum Gasteiger partial charge on any atom is -0.330 e. The Bertz CT molecular complexity index is 474. The van der Waals surface area contributed by atoms with Crippen LogP contribution in [0, 0.1) is 0 Å². The van der Waals surface area contributed by atoms with Crippen molar-refractivity contribution in [1.29, 1.82) is 0 Å². The van der Waals surface area contributed by atoms with Crippen LogP contribution in [-0.2, 0) is 12.8 Å². The maximum atomic E-state index is 5.51. The van der Waals surface area contributed by atoms with Crippen LogP contribution < -0.4 is 5.73 Å². The van der Waals surface area contributed by atoms with Crippen LogP contribution in [0.25, 0.3) is 0 Å². The van der Waals surface area contributed by atoms with E-state index in [0.29, 0.717) is 12.5 Å². The second-order valence-electron chi connectivity index (χ2n) is 4.27. The molecule has 0 aliphatic carbocycles. The molecule has 0 saturated heterocycles. The lowest BCUT2D eigenvalue weighted by Crippen LogP contribution is -2.02. The third kappa shape index (κ3) is 3.34. The van der Waals surface area contributed by atoms with Gasteiger partial charge in [-0.15, -0.1) is 22.7 Å². The van der Waals surface area contributed by atoms with Crippen LogP contribution in [-0.4, -0.2) is 16.5 Å². The summed E-state index contributed by atoms with van der Waals surface area (Å²) in [5.41, 5.74) is 7.80. The Morgan fingerprint density at radius 1 is 1.18 bits per heavy atom. The molecule has 0 aromatic carbocycles. The van der Waals surface area contributed by atoms with E-state index in [1.54, 1.807) is 22.7 Å². The van der Waals surface area contributed by atoms with E-state index in [1.807, 2.05) is 0 Å². The first-order valence-electron chi connectivity index (χ1n) is 5.76. The molecule has 0 aliphatic heterocycles. The molecule has 0 amide bonds. The number of hydrogen-bond donors (Lipinski definition) is 1. The predicted molar refractivity (Wildman–Crippen MR) is 73.9 cm³/mol. The Morgan fingerprint density at radius 3 is 2.53 bits per heavy atom. The van der Waals surface area contributed by atoms with Gasteiger partial charge in [0, 0.05) is 17.2 Å². The van der Waals surface area contributed by atoms with E-state index in [1.165, 1.54) is 5.69 Å². The number of aromatic nitrogens is 2. The standard InChI is InChI=1S/C12H17N3S2/c1-8(2)10-7-17-12(15-10)5-11-14-9(3-4-13)6-16-11/h6-8H,3-5,13H2,1-2H3. The fourth-order valence-corrected chi connectivity index (χ4v) is 3.38. The largest absolute Gasteiger partial charge is 0.330 e. The van der Waals surface area contributed by atoms with Crippen molar-refractivity contribution in [1.82, 2.24) is 9.97 Å². The average Bonchev–Trinajstić information content (AvgIpc) is 2.89. The summed E-state index contributed by atoms with van der Waals surface area (Å²) >= 11 is 3.43. The molecule has 0 fully saturated rings. The molecule has 2 N–H and O–H groups in total. The lowest BCUT2D eigenvalue weighted by molar-refractivity contribution is 0.824. The van der Waals surface area contributed by atoms with E-state index in [0.717, 1.165) is 28.6 Å². The molecule has 2 aromatic rings.